The zero-order valence-corrected chi connectivity index (χ0v) is 19.9. The number of hydrogen-bond donors (Lipinski definition) is 0. The van der Waals surface area contributed by atoms with E-state index in [1.54, 1.807) is 25.3 Å². The van der Waals surface area contributed by atoms with E-state index >= 15 is 0 Å². The Morgan fingerprint density at radius 1 is 0.935 bits per heavy atom. The second-order valence-corrected chi connectivity index (χ2v) is 8.69. The van der Waals surface area contributed by atoms with Crippen LogP contribution in [0.1, 0.15) is 62.7 Å². The van der Waals surface area contributed by atoms with Crippen molar-refractivity contribution in [1.29, 1.82) is 0 Å². The van der Waals surface area contributed by atoms with Crippen molar-refractivity contribution < 1.29 is 19.0 Å². The molecule has 0 aliphatic heterocycles. The molecule has 0 spiro atoms. The molecule has 0 radical (unpaired) electrons. The van der Waals surface area contributed by atoms with Crippen LogP contribution in [0.15, 0.2) is 36.4 Å². The summed E-state index contributed by atoms with van der Waals surface area (Å²) in [6.45, 7) is 5.63. The first-order valence-electron chi connectivity index (χ1n) is 10.6. The third-order valence-corrected chi connectivity index (χ3v) is 6.12. The van der Waals surface area contributed by atoms with Crippen LogP contribution in [0.4, 0.5) is 0 Å². The minimum atomic E-state index is -0.123. The number of unbranched alkanes of at least 4 members (excludes halogenated alkanes) is 4. The van der Waals surface area contributed by atoms with Gasteiger partial charge in [0.15, 0.2) is 5.52 Å². The SMILES string of the molecule is CCCCCOc1ccc(PC(=O)c2c(Cl)cccc2OC)c(OCCCCC)c1.[LiH]. The fourth-order valence-corrected chi connectivity index (χ4v) is 4.36. The van der Waals surface area contributed by atoms with E-state index < -0.39 is 0 Å². The molecule has 0 fully saturated rings. The van der Waals surface area contributed by atoms with Gasteiger partial charge in [0.25, 0.3) is 0 Å². The molecule has 2 aromatic carbocycles. The van der Waals surface area contributed by atoms with Gasteiger partial charge in [0.2, 0.25) is 0 Å². The predicted molar refractivity (Wildman–Crippen MR) is 134 cm³/mol. The normalized spacial score (nSPS) is 10.7. The van der Waals surface area contributed by atoms with Gasteiger partial charge in [-0.1, -0.05) is 57.2 Å². The van der Waals surface area contributed by atoms with Crippen molar-refractivity contribution in [2.75, 3.05) is 20.3 Å². The minimum absolute atomic E-state index is 0. The van der Waals surface area contributed by atoms with Crippen LogP contribution in [-0.2, 0) is 0 Å². The number of carbonyl (C=O) groups excluding carboxylic acids is 1. The van der Waals surface area contributed by atoms with E-state index in [9.17, 15) is 4.79 Å². The van der Waals surface area contributed by atoms with Gasteiger partial charge in [-0.2, -0.15) is 0 Å². The average Bonchev–Trinajstić information content (AvgIpc) is 2.75. The van der Waals surface area contributed by atoms with Crippen LogP contribution in [-0.4, -0.2) is 44.7 Å². The number of carbonyl (C=O) groups is 1. The molecule has 0 N–H and O–H groups in total. The van der Waals surface area contributed by atoms with Crippen LogP contribution in [0.25, 0.3) is 0 Å². The van der Waals surface area contributed by atoms with Gasteiger partial charge in [-0.15, -0.1) is 0 Å². The van der Waals surface area contributed by atoms with Crippen LogP contribution in [0.5, 0.6) is 17.2 Å². The van der Waals surface area contributed by atoms with Crippen molar-refractivity contribution in [3.8, 4) is 17.2 Å². The number of benzene rings is 2. The third-order valence-electron chi connectivity index (χ3n) is 4.65. The van der Waals surface area contributed by atoms with Crippen molar-refractivity contribution in [2.45, 2.75) is 52.4 Å². The van der Waals surface area contributed by atoms with Crippen molar-refractivity contribution in [3.05, 3.63) is 47.0 Å². The van der Waals surface area contributed by atoms with Gasteiger partial charge in [0, 0.05) is 11.4 Å². The molecule has 31 heavy (non-hydrogen) atoms. The zero-order valence-electron chi connectivity index (χ0n) is 18.1. The quantitative estimate of drug-likeness (QED) is 0.198. The Bertz CT molecular complexity index is 816. The Morgan fingerprint density at radius 2 is 1.61 bits per heavy atom. The van der Waals surface area contributed by atoms with Gasteiger partial charge in [-0.05, 0) is 45.7 Å². The Hall–Kier alpha value is -1.17. The molecule has 1 unspecified atom stereocenters. The summed E-state index contributed by atoms with van der Waals surface area (Å²) in [6.07, 6.45) is 6.55. The summed E-state index contributed by atoms with van der Waals surface area (Å²) in [6, 6.07) is 11.0. The summed E-state index contributed by atoms with van der Waals surface area (Å²) < 4.78 is 17.3. The van der Waals surface area contributed by atoms with E-state index in [-0.39, 0.29) is 33.0 Å². The molecule has 0 aliphatic carbocycles. The van der Waals surface area contributed by atoms with E-state index in [0.717, 1.165) is 49.6 Å². The van der Waals surface area contributed by atoms with Gasteiger partial charge in [-0.25, -0.2) is 0 Å². The van der Waals surface area contributed by atoms with Crippen LogP contribution >= 0.6 is 20.2 Å². The maximum absolute atomic E-state index is 13.0. The summed E-state index contributed by atoms with van der Waals surface area (Å²) in [5.41, 5.74) is 0.337. The molecule has 0 aromatic heterocycles. The molecule has 0 saturated carbocycles. The molecule has 2 aromatic rings. The van der Waals surface area contributed by atoms with Crippen molar-refractivity contribution in [1.82, 2.24) is 0 Å². The van der Waals surface area contributed by atoms with E-state index in [1.165, 1.54) is 0 Å². The molecule has 1 atom stereocenters. The summed E-state index contributed by atoms with van der Waals surface area (Å²) in [4.78, 5) is 13.0. The molecule has 166 valence electrons. The second-order valence-electron chi connectivity index (χ2n) is 7.04. The standard InChI is InChI=1S/C24H32ClO4P.Li.H/c1-4-6-8-15-28-18-13-14-22(21(17-18)29-16-9-7-5-2)30-24(26)23-19(25)11-10-12-20(23)27-3;;/h10-14,17,30H,4-9,15-16H2,1-3H3;;. The van der Waals surface area contributed by atoms with E-state index in [4.69, 9.17) is 25.8 Å². The van der Waals surface area contributed by atoms with Crippen LogP contribution < -0.4 is 19.5 Å². The first-order chi connectivity index (χ1) is 14.6. The van der Waals surface area contributed by atoms with Gasteiger partial charge < -0.3 is 14.2 Å². The second kappa shape index (κ2) is 15.6. The molecular weight excluding hydrogens is 426 g/mol. The fraction of sp³-hybridized carbons (Fsp3) is 0.458. The Morgan fingerprint density at radius 3 is 2.26 bits per heavy atom. The monoisotopic (exact) mass is 458 g/mol. The Labute approximate surface area is 205 Å². The van der Waals surface area contributed by atoms with Gasteiger partial charge in [-0.3, -0.25) is 4.79 Å². The first-order valence-corrected chi connectivity index (χ1v) is 12.0. The van der Waals surface area contributed by atoms with Crippen LogP contribution in [0, 0.1) is 0 Å². The number of ether oxygens (including phenoxy) is 3. The van der Waals surface area contributed by atoms with E-state index in [2.05, 4.69) is 13.8 Å². The Balaban J connectivity index is 0.00000480. The average molecular weight is 459 g/mol. The van der Waals surface area contributed by atoms with Crippen molar-refractivity contribution in [3.63, 3.8) is 0 Å². The van der Waals surface area contributed by atoms with Crippen molar-refractivity contribution in [2.24, 2.45) is 0 Å². The first kappa shape index (κ1) is 27.9. The molecule has 0 heterocycles. The van der Waals surface area contributed by atoms with Gasteiger partial charge >= 0.3 is 18.9 Å². The van der Waals surface area contributed by atoms with Gasteiger partial charge in [0.1, 0.15) is 17.2 Å². The molecule has 0 aliphatic rings. The third kappa shape index (κ3) is 9.07. The molecule has 0 bridgehead atoms. The number of rotatable bonds is 14. The van der Waals surface area contributed by atoms with Crippen LogP contribution in [0.3, 0.4) is 0 Å². The molecule has 2 rings (SSSR count). The molecular formula is C24H33ClLiO4P. The number of methoxy groups -OCH3 is 1. The van der Waals surface area contributed by atoms with Crippen LogP contribution in [0.2, 0.25) is 5.02 Å². The molecule has 0 amide bonds. The Kier molecular flexibility index (Phi) is 14.0. The zero-order chi connectivity index (χ0) is 21.8. The molecule has 0 saturated heterocycles. The van der Waals surface area contributed by atoms with Crippen molar-refractivity contribution >= 4 is 49.9 Å². The summed E-state index contributed by atoms with van der Waals surface area (Å²) in [5.74, 6) is 1.96. The topological polar surface area (TPSA) is 44.8 Å². The summed E-state index contributed by atoms with van der Waals surface area (Å²) in [5, 5.41) is 1.24. The molecule has 7 heteroatoms. The van der Waals surface area contributed by atoms with E-state index in [1.807, 2.05) is 18.2 Å². The summed E-state index contributed by atoms with van der Waals surface area (Å²) >= 11 is 6.29. The van der Waals surface area contributed by atoms with E-state index in [0.29, 0.717) is 35.3 Å². The summed E-state index contributed by atoms with van der Waals surface area (Å²) in [7, 11) is 1.42. The predicted octanol–water partition coefficient (Wildman–Crippen LogP) is 5.98. The molecule has 4 nitrogen and oxygen atoms in total. The number of hydrogen-bond acceptors (Lipinski definition) is 4. The fourth-order valence-electron chi connectivity index (χ4n) is 2.97. The number of halogens is 1. The van der Waals surface area contributed by atoms with Gasteiger partial charge in [0.05, 0.1) is 30.9 Å². The maximum atomic E-state index is 13.0.